The van der Waals surface area contributed by atoms with Gasteiger partial charge in [0, 0.05) is 41.3 Å². The van der Waals surface area contributed by atoms with Crippen molar-refractivity contribution in [1.82, 2.24) is 9.55 Å². The second-order valence-electron chi connectivity index (χ2n) is 7.79. The molecule has 4 heteroatoms. The van der Waals surface area contributed by atoms with Crippen molar-refractivity contribution in [2.75, 3.05) is 0 Å². The zero-order valence-corrected chi connectivity index (χ0v) is 16.9. The molecule has 2 heterocycles. The Morgan fingerprint density at radius 2 is 1.86 bits per heavy atom. The molecule has 1 aromatic carbocycles. The quantitative estimate of drug-likeness (QED) is 0.641. The van der Waals surface area contributed by atoms with Gasteiger partial charge < -0.3 is 4.57 Å². The van der Waals surface area contributed by atoms with Gasteiger partial charge in [0.25, 0.3) is 0 Å². The maximum Gasteiger partial charge on any atom is 0.101 e. The van der Waals surface area contributed by atoms with E-state index < -0.39 is 0 Å². The summed E-state index contributed by atoms with van der Waals surface area (Å²) in [5.41, 5.74) is 7.37. The van der Waals surface area contributed by atoms with E-state index >= 15 is 0 Å². The van der Waals surface area contributed by atoms with Gasteiger partial charge in [-0.3, -0.25) is 4.98 Å². The van der Waals surface area contributed by atoms with Gasteiger partial charge >= 0.3 is 0 Å². The summed E-state index contributed by atoms with van der Waals surface area (Å²) in [6.07, 6.45) is 6.34. The van der Waals surface area contributed by atoms with Crippen molar-refractivity contribution in [2.24, 2.45) is 0 Å². The van der Waals surface area contributed by atoms with E-state index in [9.17, 15) is 10.5 Å². The highest BCUT2D eigenvalue weighted by Gasteiger charge is 2.39. The third-order valence-electron chi connectivity index (χ3n) is 6.16. The third-order valence-corrected chi connectivity index (χ3v) is 6.16. The van der Waals surface area contributed by atoms with Crippen molar-refractivity contribution in [1.29, 1.82) is 10.5 Å². The van der Waals surface area contributed by atoms with Gasteiger partial charge in [-0.25, -0.2) is 0 Å². The normalized spacial score (nSPS) is 17.8. The molecular weight excluding hydrogens is 356 g/mol. The molecular formula is C25H22N4. The van der Waals surface area contributed by atoms with Crippen molar-refractivity contribution in [3.63, 3.8) is 0 Å². The lowest BCUT2D eigenvalue weighted by Gasteiger charge is -2.35. The molecule has 1 atom stereocenters. The number of aromatic nitrogens is 2. The first-order valence-corrected chi connectivity index (χ1v) is 9.70. The zero-order valence-electron chi connectivity index (χ0n) is 16.9. The van der Waals surface area contributed by atoms with Crippen molar-refractivity contribution in [2.45, 2.75) is 39.2 Å². The van der Waals surface area contributed by atoms with Crippen molar-refractivity contribution < 1.29 is 0 Å². The van der Waals surface area contributed by atoms with Crippen LogP contribution >= 0.6 is 0 Å². The Hall–Kier alpha value is -3.63. The van der Waals surface area contributed by atoms with Gasteiger partial charge in [0.1, 0.15) is 6.07 Å². The van der Waals surface area contributed by atoms with Gasteiger partial charge in [0.2, 0.25) is 0 Å². The highest BCUT2D eigenvalue weighted by atomic mass is 15.0. The number of fused-ring (bicyclic) bond motifs is 1. The Morgan fingerprint density at radius 3 is 2.55 bits per heavy atom. The molecule has 0 fully saturated rings. The number of hydrogen-bond donors (Lipinski definition) is 0. The Kier molecular flexibility index (Phi) is 4.57. The Morgan fingerprint density at radius 1 is 1.07 bits per heavy atom. The minimum Gasteiger partial charge on any atom is -0.343 e. The monoisotopic (exact) mass is 378 g/mol. The van der Waals surface area contributed by atoms with Gasteiger partial charge in [0.05, 0.1) is 17.2 Å². The van der Waals surface area contributed by atoms with Crippen LogP contribution in [0, 0.1) is 36.5 Å². The number of allylic oxidation sites excluding steroid dienone is 2. The predicted molar refractivity (Wildman–Crippen MR) is 113 cm³/mol. The van der Waals surface area contributed by atoms with E-state index in [1.54, 1.807) is 6.20 Å². The van der Waals surface area contributed by atoms with Crippen LogP contribution in [-0.2, 0) is 12.0 Å². The topological polar surface area (TPSA) is 65.4 Å². The lowest BCUT2D eigenvalue weighted by molar-refractivity contribution is 0.564. The van der Waals surface area contributed by atoms with E-state index in [1.807, 2.05) is 43.5 Å². The number of hydrogen-bond acceptors (Lipinski definition) is 3. The van der Waals surface area contributed by atoms with Crippen LogP contribution in [-0.4, -0.2) is 9.55 Å². The molecule has 0 aliphatic heterocycles. The molecule has 4 rings (SSSR count). The molecule has 1 aliphatic rings. The molecule has 0 saturated heterocycles. The smallest absolute Gasteiger partial charge is 0.101 e. The van der Waals surface area contributed by atoms with Crippen LogP contribution in [0.5, 0.6) is 0 Å². The van der Waals surface area contributed by atoms with Crippen molar-refractivity contribution in [3.05, 3.63) is 94.1 Å². The summed E-state index contributed by atoms with van der Waals surface area (Å²) in [6.45, 7) is 6.97. The van der Waals surface area contributed by atoms with Crippen LogP contribution in [0.15, 0.2) is 54.9 Å². The number of benzene rings is 1. The lowest BCUT2D eigenvalue weighted by atomic mass is 9.67. The van der Waals surface area contributed by atoms with E-state index in [4.69, 9.17) is 0 Å². The van der Waals surface area contributed by atoms with E-state index in [0.29, 0.717) is 18.5 Å². The van der Waals surface area contributed by atoms with E-state index in [-0.39, 0.29) is 5.41 Å². The Bertz CT molecular complexity index is 1200. The summed E-state index contributed by atoms with van der Waals surface area (Å²) in [7, 11) is 0. The molecule has 0 amide bonds. The fraction of sp³-hybridized carbons (Fsp3) is 0.240. The number of pyridine rings is 1. The van der Waals surface area contributed by atoms with Crippen LogP contribution in [0.4, 0.5) is 0 Å². The fourth-order valence-corrected chi connectivity index (χ4v) is 4.67. The zero-order chi connectivity index (χ0) is 20.6. The molecule has 0 spiro atoms. The standard InChI is InChI=1S/C25H22N4/c1-17-22(14-27)24(18(2)29(17)16-19-7-6-12-28-15-19)25(3)11-10-20(13-26)21-8-4-5-9-23(21)25/h4-10,12,15H,11,16H2,1-3H3. The molecule has 0 N–H and O–H groups in total. The molecule has 0 radical (unpaired) electrons. The lowest BCUT2D eigenvalue weighted by Crippen LogP contribution is -2.28. The molecule has 0 bridgehead atoms. The van der Waals surface area contributed by atoms with Crippen LogP contribution in [0.2, 0.25) is 0 Å². The molecule has 4 nitrogen and oxygen atoms in total. The van der Waals surface area contributed by atoms with Crippen LogP contribution in [0.3, 0.4) is 0 Å². The van der Waals surface area contributed by atoms with E-state index in [0.717, 1.165) is 39.2 Å². The first kappa shape index (κ1) is 18.7. The van der Waals surface area contributed by atoms with Gasteiger partial charge in [-0.05, 0) is 43.0 Å². The Balaban J connectivity index is 1.92. The molecule has 29 heavy (non-hydrogen) atoms. The van der Waals surface area contributed by atoms with Crippen molar-refractivity contribution >= 4 is 5.57 Å². The average molecular weight is 378 g/mol. The molecule has 2 aromatic heterocycles. The first-order chi connectivity index (χ1) is 14.0. The number of nitrogens with zero attached hydrogens (tertiary/aromatic N) is 4. The summed E-state index contributed by atoms with van der Waals surface area (Å²) in [6, 6.07) is 16.8. The molecule has 142 valence electrons. The van der Waals surface area contributed by atoms with E-state index in [2.05, 4.69) is 47.7 Å². The molecule has 1 aliphatic carbocycles. The van der Waals surface area contributed by atoms with Crippen LogP contribution in [0.25, 0.3) is 5.57 Å². The van der Waals surface area contributed by atoms with E-state index in [1.165, 1.54) is 0 Å². The fourth-order valence-electron chi connectivity index (χ4n) is 4.67. The average Bonchev–Trinajstić information content (AvgIpc) is 2.99. The van der Waals surface area contributed by atoms with Crippen molar-refractivity contribution in [3.8, 4) is 12.1 Å². The van der Waals surface area contributed by atoms with Gasteiger partial charge in [-0.1, -0.05) is 43.3 Å². The second-order valence-corrected chi connectivity index (χ2v) is 7.79. The highest BCUT2D eigenvalue weighted by Crippen LogP contribution is 2.46. The Labute approximate surface area is 171 Å². The van der Waals surface area contributed by atoms with Crippen LogP contribution in [0.1, 0.15) is 52.5 Å². The van der Waals surface area contributed by atoms with Gasteiger partial charge in [0.15, 0.2) is 0 Å². The molecule has 1 unspecified atom stereocenters. The summed E-state index contributed by atoms with van der Waals surface area (Å²) in [5, 5.41) is 19.6. The number of rotatable bonds is 3. The van der Waals surface area contributed by atoms with Gasteiger partial charge in [-0.15, -0.1) is 0 Å². The largest absolute Gasteiger partial charge is 0.343 e. The summed E-state index contributed by atoms with van der Waals surface area (Å²) in [5.74, 6) is 0. The summed E-state index contributed by atoms with van der Waals surface area (Å²) >= 11 is 0. The second kappa shape index (κ2) is 7.08. The van der Waals surface area contributed by atoms with Crippen LogP contribution < -0.4 is 0 Å². The minimum atomic E-state index is -0.364. The maximum absolute atomic E-state index is 10.1. The summed E-state index contributed by atoms with van der Waals surface area (Å²) in [4.78, 5) is 4.22. The molecule has 3 aromatic rings. The summed E-state index contributed by atoms with van der Waals surface area (Å²) < 4.78 is 2.21. The SMILES string of the molecule is Cc1c(C#N)c(C2(C)CC=C(C#N)c3ccccc32)c(C)n1Cc1cccnc1. The minimum absolute atomic E-state index is 0.364. The maximum atomic E-state index is 10.1. The third kappa shape index (κ3) is 2.85. The first-order valence-electron chi connectivity index (χ1n) is 9.70. The van der Waals surface area contributed by atoms with Gasteiger partial charge in [-0.2, -0.15) is 10.5 Å². The predicted octanol–water partition coefficient (Wildman–Crippen LogP) is 5.04. The molecule has 0 saturated carbocycles. The number of nitriles is 2. The highest BCUT2D eigenvalue weighted by molar-refractivity contribution is 5.82.